The maximum Gasteiger partial charge on any atom is 0.267 e. The molecule has 2 aliphatic rings. The van der Waals surface area contributed by atoms with E-state index in [1.54, 1.807) is 12.4 Å². The molecular formula is C20H22N2O4. The zero-order valence-corrected chi connectivity index (χ0v) is 14.7. The van der Waals surface area contributed by atoms with Crippen LogP contribution in [0, 0.1) is 0 Å². The molecule has 4 rings (SSSR count). The molecule has 2 aromatic rings. The second-order valence-corrected chi connectivity index (χ2v) is 6.67. The van der Waals surface area contributed by atoms with Crippen LogP contribution in [0.4, 0.5) is 0 Å². The molecule has 0 aliphatic carbocycles. The van der Waals surface area contributed by atoms with Crippen molar-refractivity contribution in [3.8, 4) is 11.5 Å². The average Bonchev–Trinajstić information content (AvgIpc) is 3.15. The van der Waals surface area contributed by atoms with Crippen LogP contribution < -0.4 is 9.47 Å². The summed E-state index contributed by atoms with van der Waals surface area (Å²) in [4.78, 5) is 18.7. The maximum atomic E-state index is 12.9. The zero-order valence-electron chi connectivity index (χ0n) is 14.7. The summed E-state index contributed by atoms with van der Waals surface area (Å²) in [6.07, 6.45) is 3.43. The van der Waals surface area contributed by atoms with E-state index in [2.05, 4.69) is 4.98 Å². The minimum absolute atomic E-state index is 0.0398. The lowest BCUT2D eigenvalue weighted by Crippen LogP contribution is -2.50. The first-order valence-electron chi connectivity index (χ1n) is 8.92. The fraction of sp³-hybridized carbons (Fsp3) is 0.400. The summed E-state index contributed by atoms with van der Waals surface area (Å²) >= 11 is 0. The predicted octanol–water partition coefficient (Wildman–Crippen LogP) is 2.43. The van der Waals surface area contributed by atoms with Crippen LogP contribution >= 0.6 is 0 Å². The first kappa shape index (κ1) is 16.8. The number of hydrogen-bond donors (Lipinski definition) is 0. The van der Waals surface area contributed by atoms with Crippen LogP contribution in [0.2, 0.25) is 0 Å². The van der Waals surface area contributed by atoms with Crippen LogP contribution in [0.3, 0.4) is 0 Å². The van der Waals surface area contributed by atoms with Gasteiger partial charge in [-0.05, 0) is 43.2 Å². The standard InChI is InChI=1S/C20H22N2O4/c1-14-19(26-18-5-3-2-4-17(18)25-14)20(23)22-11-8-16(12-22)24-13-15-6-9-21-10-7-15/h2-7,9-10,14,16,19H,8,11-13H2,1H3. The van der Waals surface area contributed by atoms with Gasteiger partial charge in [0.05, 0.1) is 12.7 Å². The second kappa shape index (κ2) is 7.33. The number of carbonyl (C=O) groups excluding carboxylic acids is 1. The summed E-state index contributed by atoms with van der Waals surface area (Å²) in [6.45, 7) is 3.65. The van der Waals surface area contributed by atoms with Gasteiger partial charge in [0.2, 0.25) is 6.10 Å². The Morgan fingerprint density at radius 1 is 1.19 bits per heavy atom. The highest BCUT2D eigenvalue weighted by Gasteiger charge is 2.39. The van der Waals surface area contributed by atoms with Crippen molar-refractivity contribution < 1.29 is 19.0 Å². The van der Waals surface area contributed by atoms with Gasteiger partial charge in [0, 0.05) is 25.5 Å². The highest BCUT2D eigenvalue weighted by atomic mass is 16.6. The first-order chi connectivity index (χ1) is 12.7. The van der Waals surface area contributed by atoms with Gasteiger partial charge < -0.3 is 19.1 Å². The van der Waals surface area contributed by atoms with Crippen molar-refractivity contribution in [2.24, 2.45) is 0 Å². The van der Waals surface area contributed by atoms with Crippen LogP contribution in [0.25, 0.3) is 0 Å². The van der Waals surface area contributed by atoms with Crippen molar-refractivity contribution in [3.05, 3.63) is 54.4 Å². The molecule has 1 fully saturated rings. The van der Waals surface area contributed by atoms with Gasteiger partial charge in [0.15, 0.2) is 11.5 Å². The lowest BCUT2D eigenvalue weighted by molar-refractivity contribution is -0.143. The van der Waals surface area contributed by atoms with Gasteiger partial charge in [-0.1, -0.05) is 12.1 Å². The molecule has 3 unspecified atom stereocenters. The number of ether oxygens (including phenoxy) is 3. The molecule has 0 radical (unpaired) electrons. The Kier molecular flexibility index (Phi) is 4.75. The van der Waals surface area contributed by atoms with Crippen molar-refractivity contribution >= 4 is 5.91 Å². The number of rotatable bonds is 4. The average molecular weight is 354 g/mol. The molecule has 1 saturated heterocycles. The molecule has 6 nitrogen and oxygen atoms in total. The van der Waals surface area contributed by atoms with Crippen LogP contribution in [-0.2, 0) is 16.1 Å². The summed E-state index contributed by atoms with van der Waals surface area (Å²) in [6, 6.07) is 11.3. The van der Waals surface area contributed by atoms with Gasteiger partial charge in [-0.25, -0.2) is 0 Å². The minimum atomic E-state index is -0.621. The molecule has 0 N–H and O–H groups in total. The second-order valence-electron chi connectivity index (χ2n) is 6.67. The topological polar surface area (TPSA) is 60.9 Å². The van der Waals surface area contributed by atoms with Crippen LogP contribution in [0.5, 0.6) is 11.5 Å². The van der Waals surface area contributed by atoms with Gasteiger partial charge in [-0.2, -0.15) is 0 Å². The Morgan fingerprint density at radius 2 is 1.92 bits per heavy atom. The normalized spacial score (nSPS) is 24.5. The third-order valence-corrected chi connectivity index (χ3v) is 4.78. The van der Waals surface area contributed by atoms with Crippen molar-refractivity contribution in [2.75, 3.05) is 13.1 Å². The number of carbonyl (C=O) groups is 1. The van der Waals surface area contributed by atoms with E-state index in [0.29, 0.717) is 31.2 Å². The van der Waals surface area contributed by atoms with Gasteiger partial charge in [0.25, 0.3) is 5.91 Å². The summed E-state index contributed by atoms with van der Waals surface area (Å²) in [7, 11) is 0. The van der Waals surface area contributed by atoms with Gasteiger partial charge in [0.1, 0.15) is 6.10 Å². The third-order valence-electron chi connectivity index (χ3n) is 4.78. The number of benzene rings is 1. The Bertz CT molecular complexity index is 767. The fourth-order valence-electron chi connectivity index (χ4n) is 3.33. The number of para-hydroxylation sites is 2. The molecule has 0 spiro atoms. The Hall–Kier alpha value is -2.60. The molecule has 0 saturated carbocycles. The highest BCUT2D eigenvalue weighted by Crippen LogP contribution is 2.34. The smallest absolute Gasteiger partial charge is 0.267 e. The quantitative estimate of drug-likeness (QED) is 0.844. The molecule has 26 heavy (non-hydrogen) atoms. The van der Waals surface area contributed by atoms with Gasteiger partial charge in [-0.15, -0.1) is 0 Å². The van der Waals surface area contributed by atoms with E-state index in [1.807, 2.05) is 48.2 Å². The molecule has 3 heterocycles. The molecule has 1 aromatic heterocycles. The van der Waals surface area contributed by atoms with Crippen molar-refractivity contribution in [2.45, 2.75) is 38.3 Å². The zero-order chi connectivity index (χ0) is 17.9. The van der Waals surface area contributed by atoms with Gasteiger partial charge in [-0.3, -0.25) is 9.78 Å². The number of fused-ring (bicyclic) bond motifs is 1. The summed E-state index contributed by atoms with van der Waals surface area (Å²) < 4.78 is 17.7. The molecule has 3 atom stereocenters. The predicted molar refractivity (Wildman–Crippen MR) is 95.0 cm³/mol. The molecule has 1 amide bonds. The summed E-state index contributed by atoms with van der Waals surface area (Å²) in [5, 5.41) is 0. The Morgan fingerprint density at radius 3 is 2.69 bits per heavy atom. The maximum absolute atomic E-state index is 12.9. The number of nitrogens with zero attached hydrogens (tertiary/aromatic N) is 2. The van der Waals surface area contributed by atoms with E-state index in [1.165, 1.54) is 0 Å². The number of likely N-dealkylation sites (tertiary alicyclic amines) is 1. The number of pyridine rings is 1. The van der Waals surface area contributed by atoms with Crippen LogP contribution in [0.1, 0.15) is 18.9 Å². The molecule has 1 aromatic carbocycles. The number of amides is 1. The molecular weight excluding hydrogens is 332 g/mol. The Balaban J connectivity index is 1.34. The lowest BCUT2D eigenvalue weighted by Gasteiger charge is -2.33. The Labute approximate surface area is 152 Å². The highest BCUT2D eigenvalue weighted by molar-refractivity contribution is 5.82. The van der Waals surface area contributed by atoms with Crippen molar-refractivity contribution in [1.29, 1.82) is 0 Å². The molecule has 0 bridgehead atoms. The lowest BCUT2D eigenvalue weighted by atomic mass is 10.1. The SMILES string of the molecule is CC1Oc2ccccc2OC1C(=O)N1CCC(OCc2ccncc2)C1. The van der Waals surface area contributed by atoms with E-state index in [-0.39, 0.29) is 18.1 Å². The monoisotopic (exact) mass is 354 g/mol. The first-order valence-corrected chi connectivity index (χ1v) is 8.92. The molecule has 2 aliphatic heterocycles. The van der Waals surface area contributed by atoms with Crippen LogP contribution in [0.15, 0.2) is 48.8 Å². The van der Waals surface area contributed by atoms with E-state index >= 15 is 0 Å². The molecule has 136 valence electrons. The molecule has 6 heteroatoms. The van der Waals surface area contributed by atoms with E-state index < -0.39 is 6.10 Å². The van der Waals surface area contributed by atoms with E-state index in [9.17, 15) is 4.79 Å². The van der Waals surface area contributed by atoms with Gasteiger partial charge >= 0.3 is 0 Å². The fourth-order valence-corrected chi connectivity index (χ4v) is 3.33. The summed E-state index contributed by atoms with van der Waals surface area (Å²) in [5.41, 5.74) is 1.08. The van der Waals surface area contributed by atoms with E-state index in [4.69, 9.17) is 14.2 Å². The van der Waals surface area contributed by atoms with Crippen molar-refractivity contribution in [3.63, 3.8) is 0 Å². The van der Waals surface area contributed by atoms with Crippen LogP contribution in [-0.4, -0.2) is 47.2 Å². The van der Waals surface area contributed by atoms with E-state index in [0.717, 1.165) is 12.0 Å². The third kappa shape index (κ3) is 3.51. The number of hydrogen-bond acceptors (Lipinski definition) is 5. The van der Waals surface area contributed by atoms with Crippen molar-refractivity contribution in [1.82, 2.24) is 9.88 Å². The minimum Gasteiger partial charge on any atom is -0.482 e. The largest absolute Gasteiger partial charge is 0.482 e. The summed E-state index contributed by atoms with van der Waals surface area (Å²) in [5.74, 6) is 1.26. The number of aromatic nitrogens is 1.